The van der Waals surface area contributed by atoms with E-state index in [1.54, 1.807) is 0 Å². The van der Waals surface area contributed by atoms with E-state index in [9.17, 15) is 0 Å². The van der Waals surface area contributed by atoms with Gasteiger partial charge in [0.2, 0.25) is 0 Å². The van der Waals surface area contributed by atoms with Gasteiger partial charge in [-0.3, -0.25) is 0 Å². The Morgan fingerprint density at radius 1 is 0.833 bits per heavy atom. The van der Waals surface area contributed by atoms with Gasteiger partial charge in [0, 0.05) is 49.6 Å². The van der Waals surface area contributed by atoms with E-state index >= 15 is 0 Å². The zero-order valence-electron chi connectivity index (χ0n) is 9.58. The predicted molar refractivity (Wildman–Crippen MR) is 65.7 cm³/mol. The minimum Gasteiger partial charge on any atom is -0.358 e. The van der Waals surface area contributed by atoms with Crippen LogP contribution in [0.1, 0.15) is 7.43 Å². The van der Waals surface area contributed by atoms with Crippen LogP contribution in [-0.4, -0.2) is 16.9 Å². The van der Waals surface area contributed by atoms with Gasteiger partial charge in [0.05, 0.1) is 0 Å². The molecule has 0 fully saturated rings. The molecule has 0 aromatic heterocycles. The average molecular weight is 281 g/mol. The maximum atomic E-state index is 2.33. The van der Waals surface area contributed by atoms with Crippen molar-refractivity contribution in [3.63, 3.8) is 0 Å². The van der Waals surface area contributed by atoms with E-state index in [2.05, 4.69) is 45.8 Å². The Kier molecular flexibility index (Phi) is 36.6. The van der Waals surface area contributed by atoms with E-state index in [4.69, 9.17) is 0 Å². The first-order chi connectivity index (χ1) is 3.73. The van der Waals surface area contributed by atoms with Crippen LogP contribution in [0.5, 0.6) is 0 Å². The zero-order valence-corrected chi connectivity index (χ0v) is 14.4. The van der Waals surface area contributed by atoms with Crippen LogP contribution in [0.25, 0.3) is 0 Å². The molecule has 0 rings (SSSR count). The van der Waals surface area contributed by atoms with Crippen LogP contribution in [0.15, 0.2) is 0 Å². The van der Waals surface area contributed by atoms with E-state index in [1.165, 1.54) is 0 Å². The topological polar surface area (TPSA) is 0 Å². The molecule has 0 aliphatic rings. The van der Waals surface area contributed by atoms with Crippen molar-refractivity contribution in [3.05, 3.63) is 7.43 Å². The fourth-order valence-electron chi connectivity index (χ4n) is 0. The van der Waals surface area contributed by atoms with Crippen molar-refractivity contribution >= 4 is 16.9 Å². The quantitative estimate of drug-likeness (QED) is 0.456. The Bertz CT molecular complexity index is 49.3. The second-order valence-corrected chi connectivity index (χ2v) is 13.5. The minimum absolute atomic E-state index is 0. The van der Waals surface area contributed by atoms with Crippen molar-refractivity contribution in [2.75, 3.05) is 0 Å². The Morgan fingerprint density at radius 3 is 0.833 bits per heavy atom. The third-order valence-electron chi connectivity index (χ3n) is 0. The molecule has 0 aliphatic carbocycles. The van der Waals surface area contributed by atoms with Crippen LogP contribution in [-0.2, 0) is 32.7 Å². The summed E-state index contributed by atoms with van der Waals surface area (Å²) in [5, 5.41) is 0. The number of hydrogen-bond acceptors (Lipinski definition) is 0. The van der Waals surface area contributed by atoms with Crippen molar-refractivity contribution in [1.29, 1.82) is 0 Å². The van der Waals surface area contributed by atoms with Gasteiger partial charge in [0.15, 0.2) is 0 Å². The van der Waals surface area contributed by atoms with Gasteiger partial charge in [-0.05, 0) is 0 Å². The van der Waals surface area contributed by atoms with Crippen molar-refractivity contribution in [3.8, 4) is 0 Å². The first-order valence-corrected chi connectivity index (χ1v) is 10.5. The molecular weight excluding hydrogens is 253 g/mol. The summed E-state index contributed by atoms with van der Waals surface area (Å²) in [6, 6.07) is 0. The molecule has 0 amide bonds. The maximum Gasteiger partial charge on any atom is 0.0411 e. The molecule has 0 N–H and O–H groups in total. The summed E-state index contributed by atoms with van der Waals surface area (Å²) in [6.45, 7) is 16.1. The molecule has 12 heavy (non-hydrogen) atoms. The number of rotatable bonds is 0. The Morgan fingerprint density at radius 2 is 0.833 bits per heavy atom. The fraction of sp³-hybridized carbons (Fsp3) is 0.889. The molecule has 0 saturated carbocycles. The third kappa shape index (κ3) is 542. The first kappa shape index (κ1) is 29.2. The van der Waals surface area contributed by atoms with Gasteiger partial charge in [-0.2, -0.15) is 0 Å². The SMILES string of the molecule is C.C[Si](C)(C)C.C[Si](C)C.[CH3-].[Y]. The van der Waals surface area contributed by atoms with Gasteiger partial charge in [-0.1, -0.05) is 53.3 Å². The van der Waals surface area contributed by atoms with Gasteiger partial charge in [0.25, 0.3) is 0 Å². The van der Waals surface area contributed by atoms with Crippen LogP contribution in [0, 0.1) is 7.43 Å². The molecular formula is C9H28Si2Y-. The molecule has 0 nitrogen and oxygen atoms in total. The minimum atomic E-state index is -0.611. The normalized spacial score (nSPS) is 8.00. The smallest absolute Gasteiger partial charge is 0.0411 e. The predicted octanol–water partition coefficient (Wildman–Crippen LogP) is 4.41. The van der Waals surface area contributed by atoms with Crippen LogP contribution < -0.4 is 0 Å². The van der Waals surface area contributed by atoms with Gasteiger partial charge in [0.1, 0.15) is 0 Å². The van der Waals surface area contributed by atoms with Crippen molar-refractivity contribution in [2.24, 2.45) is 0 Å². The average Bonchev–Trinajstić information content (AvgIpc) is 1.19. The summed E-state index contributed by atoms with van der Waals surface area (Å²) < 4.78 is 0. The second-order valence-electron chi connectivity index (χ2n) is 4.50. The van der Waals surface area contributed by atoms with Gasteiger partial charge >= 0.3 is 0 Å². The zero-order chi connectivity index (χ0) is 8.08. The van der Waals surface area contributed by atoms with Crippen LogP contribution in [0.4, 0.5) is 0 Å². The van der Waals surface area contributed by atoms with Crippen molar-refractivity contribution in [2.45, 2.75) is 53.3 Å². The van der Waals surface area contributed by atoms with E-state index in [1.807, 2.05) is 0 Å². The first-order valence-electron chi connectivity index (χ1n) is 3.50. The molecule has 0 spiro atoms. The summed E-state index contributed by atoms with van der Waals surface area (Å²) in [7, 11) is -0.491. The van der Waals surface area contributed by atoms with Gasteiger partial charge in [-0.15, -0.1) is 0 Å². The standard InChI is InChI=1S/C4H12Si.C3H9Si.CH4.CH3.Y/c1-5(2,3)4;1-4(2)3;;;/h1-4H3;1-3H3;1H4;1H3;/q;;;-1;. The molecule has 76 valence electrons. The Balaban J connectivity index is -0.0000000221. The molecule has 0 bridgehead atoms. The van der Waals surface area contributed by atoms with E-state index < -0.39 is 8.07 Å². The molecule has 0 aliphatic heterocycles. The van der Waals surface area contributed by atoms with Gasteiger partial charge in [-0.25, -0.2) is 0 Å². The van der Waals surface area contributed by atoms with Gasteiger partial charge < -0.3 is 7.43 Å². The molecule has 0 aromatic rings. The third-order valence-corrected chi connectivity index (χ3v) is 0. The molecule has 2 radical (unpaired) electrons. The molecule has 0 aromatic carbocycles. The summed E-state index contributed by atoms with van der Waals surface area (Å²) in [5.41, 5.74) is 0. The Hall–Kier alpha value is 1.54. The second kappa shape index (κ2) is 15.0. The van der Waals surface area contributed by atoms with E-state index in [0.29, 0.717) is 0 Å². The monoisotopic (exact) mass is 281 g/mol. The van der Waals surface area contributed by atoms with E-state index in [0.717, 1.165) is 0 Å². The summed E-state index contributed by atoms with van der Waals surface area (Å²) >= 11 is 0. The molecule has 0 unspecified atom stereocenters. The summed E-state index contributed by atoms with van der Waals surface area (Å²) in [6.07, 6.45) is 0. The molecule has 3 heteroatoms. The maximum absolute atomic E-state index is 2.33. The Labute approximate surface area is 109 Å². The van der Waals surface area contributed by atoms with Crippen molar-refractivity contribution in [1.82, 2.24) is 0 Å². The van der Waals surface area contributed by atoms with Crippen LogP contribution in [0.2, 0.25) is 45.8 Å². The number of hydrogen-bond donors (Lipinski definition) is 0. The van der Waals surface area contributed by atoms with Crippen molar-refractivity contribution < 1.29 is 32.7 Å². The summed E-state index contributed by atoms with van der Waals surface area (Å²) in [4.78, 5) is 0. The van der Waals surface area contributed by atoms with E-state index in [-0.39, 0.29) is 56.4 Å². The summed E-state index contributed by atoms with van der Waals surface area (Å²) in [5.74, 6) is 0. The van der Waals surface area contributed by atoms with Crippen LogP contribution >= 0.6 is 0 Å². The largest absolute Gasteiger partial charge is 0.358 e. The fourth-order valence-corrected chi connectivity index (χ4v) is 0. The molecule has 0 atom stereocenters. The van der Waals surface area contributed by atoms with Crippen LogP contribution in [0.3, 0.4) is 0 Å². The molecule has 0 heterocycles. The molecule has 0 saturated heterocycles.